The van der Waals surface area contributed by atoms with Crippen molar-refractivity contribution in [3.05, 3.63) is 41.9 Å². The van der Waals surface area contributed by atoms with Crippen molar-refractivity contribution >= 4 is 72.1 Å². The zero-order valence-corrected chi connectivity index (χ0v) is 15.3. The Hall–Kier alpha value is -0.350. The molecule has 0 aliphatic carbocycles. The van der Waals surface area contributed by atoms with Gasteiger partial charge in [0.2, 0.25) is 0 Å². The van der Waals surface area contributed by atoms with Gasteiger partial charge in [-0.2, -0.15) is 0 Å². The maximum atomic E-state index is 10.2. The van der Waals surface area contributed by atoms with Crippen molar-refractivity contribution in [2.24, 2.45) is 0 Å². The van der Waals surface area contributed by atoms with E-state index < -0.39 is 0 Å². The molecule has 3 aromatic rings. The fourth-order valence-electron chi connectivity index (χ4n) is 1.86. The fourth-order valence-corrected chi connectivity index (χ4v) is 4.06. The van der Waals surface area contributed by atoms with E-state index in [4.69, 9.17) is 0 Å². The summed E-state index contributed by atoms with van der Waals surface area (Å²) in [6.07, 6.45) is 0. The van der Waals surface area contributed by atoms with Gasteiger partial charge in [-0.15, -0.1) is 0 Å². The maximum absolute atomic E-state index is 10.2. The van der Waals surface area contributed by atoms with Crippen LogP contribution in [0, 0.1) is 7.14 Å². The van der Waals surface area contributed by atoms with Gasteiger partial charge in [0.25, 0.3) is 0 Å². The summed E-state index contributed by atoms with van der Waals surface area (Å²) in [6, 6.07) is 9.71. The first-order valence-corrected chi connectivity index (χ1v) is 8.33. The molecule has 0 bridgehead atoms. The average Bonchev–Trinajstić information content (AvgIpc) is 2.76. The van der Waals surface area contributed by atoms with E-state index in [1.807, 2.05) is 30.3 Å². The van der Waals surface area contributed by atoms with Gasteiger partial charge in [-0.05, 0) is 75.5 Å². The van der Waals surface area contributed by atoms with Crippen LogP contribution in [0.5, 0.6) is 5.75 Å². The number of imidazole rings is 1. The molecule has 3 rings (SSSR count). The molecule has 1 aromatic heterocycles. The van der Waals surface area contributed by atoms with Crippen LogP contribution in [0.25, 0.3) is 22.4 Å². The first-order chi connectivity index (χ1) is 9.04. The van der Waals surface area contributed by atoms with Gasteiger partial charge in [0.05, 0.1) is 20.2 Å². The van der Waals surface area contributed by atoms with E-state index in [1.165, 1.54) is 0 Å². The van der Waals surface area contributed by atoms with E-state index in [0.717, 1.165) is 28.2 Å². The van der Waals surface area contributed by atoms with E-state index in [9.17, 15) is 5.11 Å². The summed E-state index contributed by atoms with van der Waals surface area (Å²) in [4.78, 5) is 7.76. The smallest absolute Gasteiger partial charge is 0.142 e. The summed E-state index contributed by atoms with van der Waals surface area (Å²) in [7, 11) is 0. The number of phenolic OH excluding ortho intramolecular Hbond substituents is 1. The normalized spacial score (nSPS) is 11.1. The molecule has 19 heavy (non-hydrogen) atoms. The summed E-state index contributed by atoms with van der Waals surface area (Å²) in [6.45, 7) is 0. The molecule has 6 heteroatoms. The molecular weight excluding hydrogens is 534 g/mol. The summed E-state index contributed by atoms with van der Waals surface area (Å²) in [5.41, 5.74) is 2.55. The van der Waals surface area contributed by atoms with Crippen molar-refractivity contribution in [2.45, 2.75) is 0 Å². The summed E-state index contributed by atoms with van der Waals surface area (Å²) >= 11 is 7.79. The number of aromatic hydroxyl groups is 1. The van der Waals surface area contributed by atoms with Crippen LogP contribution < -0.4 is 0 Å². The number of aromatic nitrogens is 2. The molecule has 0 amide bonds. The van der Waals surface area contributed by atoms with Crippen LogP contribution >= 0.6 is 61.1 Å². The van der Waals surface area contributed by atoms with E-state index in [-0.39, 0.29) is 5.75 Å². The van der Waals surface area contributed by atoms with E-state index in [1.54, 1.807) is 0 Å². The quantitative estimate of drug-likeness (QED) is 0.431. The molecule has 0 aliphatic heterocycles. The standard InChI is InChI=1S/C13H7BrI2N2O/c14-6-1-2-10-11(3-6)18-13(17-10)8-4-7(15)5-9(16)12(8)19/h1-5,19H,(H,17,18). The minimum Gasteiger partial charge on any atom is -0.506 e. The van der Waals surface area contributed by atoms with Crippen LogP contribution in [0.2, 0.25) is 0 Å². The van der Waals surface area contributed by atoms with Crippen molar-refractivity contribution in [3.8, 4) is 17.1 Å². The third kappa shape index (κ3) is 2.62. The lowest BCUT2D eigenvalue weighted by atomic mass is 10.2. The highest BCUT2D eigenvalue weighted by molar-refractivity contribution is 14.1. The molecule has 0 aliphatic rings. The Labute approximate surface area is 145 Å². The monoisotopic (exact) mass is 540 g/mol. The SMILES string of the molecule is Oc1c(I)cc(I)cc1-c1nc2ccc(Br)cc2[nH]1. The molecule has 0 atom stereocenters. The first kappa shape index (κ1) is 13.6. The second-order valence-corrected chi connectivity index (χ2v) is 7.35. The molecule has 0 unspecified atom stereocenters. The lowest BCUT2D eigenvalue weighted by Gasteiger charge is -2.04. The predicted molar refractivity (Wildman–Crippen MR) is 96.3 cm³/mol. The number of hydrogen-bond donors (Lipinski definition) is 2. The van der Waals surface area contributed by atoms with E-state index in [0.29, 0.717) is 5.82 Å². The number of phenols is 1. The first-order valence-electron chi connectivity index (χ1n) is 5.38. The van der Waals surface area contributed by atoms with Gasteiger partial charge in [0.15, 0.2) is 0 Å². The molecule has 0 saturated carbocycles. The molecule has 0 spiro atoms. The van der Waals surface area contributed by atoms with Gasteiger partial charge in [0.1, 0.15) is 11.6 Å². The molecule has 0 fully saturated rings. The van der Waals surface area contributed by atoms with Crippen LogP contribution in [-0.2, 0) is 0 Å². The predicted octanol–water partition coefficient (Wildman–Crippen LogP) is 4.91. The third-order valence-corrected chi connectivity index (χ3v) is 4.67. The van der Waals surface area contributed by atoms with Gasteiger partial charge in [-0.25, -0.2) is 4.98 Å². The van der Waals surface area contributed by atoms with Crippen molar-refractivity contribution in [1.29, 1.82) is 0 Å². The number of nitrogens with one attached hydrogen (secondary N) is 1. The number of hydrogen-bond acceptors (Lipinski definition) is 2. The third-order valence-electron chi connectivity index (χ3n) is 2.73. The van der Waals surface area contributed by atoms with Crippen LogP contribution in [0.1, 0.15) is 0 Å². The number of fused-ring (bicyclic) bond motifs is 1. The van der Waals surface area contributed by atoms with E-state index >= 15 is 0 Å². The fraction of sp³-hybridized carbons (Fsp3) is 0. The number of benzene rings is 2. The lowest BCUT2D eigenvalue weighted by Crippen LogP contribution is -1.86. The Kier molecular flexibility index (Phi) is 3.73. The Morgan fingerprint density at radius 2 is 1.95 bits per heavy atom. The Bertz CT molecular complexity index is 786. The molecular formula is C13H7BrI2N2O. The minimum absolute atomic E-state index is 0.263. The van der Waals surface area contributed by atoms with Crippen LogP contribution in [0.4, 0.5) is 0 Å². The molecule has 1 heterocycles. The number of rotatable bonds is 1. The van der Waals surface area contributed by atoms with Gasteiger partial charge in [-0.3, -0.25) is 0 Å². The van der Waals surface area contributed by atoms with Gasteiger partial charge < -0.3 is 10.1 Å². The van der Waals surface area contributed by atoms with Crippen molar-refractivity contribution < 1.29 is 5.11 Å². The molecule has 0 radical (unpaired) electrons. The van der Waals surface area contributed by atoms with E-state index in [2.05, 4.69) is 71.1 Å². The summed E-state index contributed by atoms with van der Waals surface area (Å²) in [5, 5.41) is 10.2. The maximum Gasteiger partial charge on any atom is 0.142 e. The lowest BCUT2D eigenvalue weighted by molar-refractivity contribution is 0.473. The highest BCUT2D eigenvalue weighted by atomic mass is 127. The molecule has 96 valence electrons. The Balaban J connectivity index is 2.24. The topological polar surface area (TPSA) is 48.9 Å². The van der Waals surface area contributed by atoms with Gasteiger partial charge in [0, 0.05) is 8.04 Å². The number of nitrogens with zero attached hydrogens (tertiary/aromatic N) is 1. The number of halogens is 3. The highest BCUT2D eigenvalue weighted by Crippen LogP contribution is 2.34. The second-order valence-electron chi connectivity index (χ2n) is 4.03. The van der Waals surface area contributed by atoms with Crippen LogP contribution in [0.3, 0.4) is 0 Å². The van der Waals surface area contributed by atoms with Crippen LogP contribution in [-0.4, -0.2) is 15.1 Å². The zero-order chi connectivity index (χ0) is 13.6. The van der Waals surface area contributed by atoms with Crippen LogP contribution in [0.15, 0.2) is 34.8 Å². The van der Waals surface area contributed by atoms with Gasteiger partial charge in [-0.1, -0.05) is 15.9 Å². The summed E-state index contributed by atoms with van der Waals surface area (Å²) in [5.74, 6) is 0.946. The number of aromatic amines is 1. The number of H-pyrrole nitrogens is 1. The molecule has 2 N–H and O–H groups in total. The summed E-state index contributed by atoms with van der Waals surface area (Å²) < 4.78 is 2.88. The van der Waals surface area contributed by atoms with Crippen molar-refractivity contribution in [2.75, 3.05) is 0 Å². The Morgan fingerprint density at radius 3 is 2.74 bits per heavy atom. The van der Waals surface area contributed by atoms with Crippen molar-refractivity contribution in [1.82, 2.24) is 9.97 Å². The second kappa shape index (κ2) is 5.21. The molecule has 0 saturated heterocycles. The molecule has 3 nitrogen and oxygen atoms in total. The Morgan fingerprint density at radius 1 is 1.16 bits per heavy atom. The molecule has 2 aromatic carbocycles. The highest BCUT2D eigenvalue weighted by Gasteiger charge is 2.13. The van der Waals surface area contributed by atoms with Gasteiger partial charge >= 0.3 is 0 Å². The largest absolute Gasteiger partial charge is 0.506 e. The minimum atomic E-state index is 0.263. The average molecular weight is 541 g/mol. The zero-order valence-electron chi connectivity index (χ0n) is 9.42. The van der Waals surface area contributed by atoms with Crippen molar-refractivity contribution in [3.63, 3.8) is 0 Å².